The highest BCUT2D eigenvalue weighted by Crippen LogP contribution is 2.27. The van der Waals surface area contributed by atoms with Crippen LogP contribution in [0.5, 0.6) is 0 Å². The lowest BCUT2D eigenvalue weighted by atomic mass is 9.87. The first-order chi connectivity index (χ1) is 10.6. The van der Waals surface area contributed by atoms with Crippen molar-refractivity contribution in [2.24, 2.45) is 0 Å². The van der Waals surface area contributed by atoms with Gasteiger partial charge in [0.15, 0.2) is 0 Å². The molecule has 0 unspecified atom stereocenters. The highest BCUT2D eigenvalue weighted by molar-refractivity contribution is 5.47. The number of nitrogens with one attached hydrogen (secondary N) is 2. The molecule has 0 amide bonds. The van der Waals surface area contributed by atoms with Crippen molar-refractivity contribution >= 4 is 5.69 Å². The summed E-state index contributed by atoms with van der Waals surface area (Å²) in [6.07, 6.45) is 9.61. The zero-order valence-corrected chi connectivity index (χ0v) is 14.7. The summed E-state index contributed by atoms with van der Waals surface area (Å²) >= 11 is 0. The van der Waals surface area contributed by atoms with Gasteiger partial charge in [0.25, 0.3) is 5.56 Å². The van der Waals surface area contributed by atoms with E-state index >= 15 is 0 Å². The maximum absolute atomic E-state index is 12.2. The lowest BCUT2D eigenvalue weighted by molar-refractivity contribution is 0.397. The normalized spacial score (nSPS) is 11.6. The summed E-state index contributed by atoms with van der Waals surface area (Å²) in [4.78, 5) is 12.2. The summed E-state index contributed by atoms with van der Waals surface area (Å²) in [6, 6.07) is 0. The first-order valence-electron chi connectivity index (χ1n) is 8.84. The van der Waals surface area contributed by atoms with Crippen molar-refractivity contribution in [1.29, 1.82) is 0 Å². The number of aromatic nitrogens is 3. The van der Waals surface area contributed by atoms with E-state index in [2.05, 4.69) is 48.4 Å². The molecule has 0 saturated carbocycles. The Labute approximate surface area is 134 Å². The molecular formula is C17H32N4O. The second-order valence-electron chi connectivity index (χ2n) is 6.14. The number of anilines is 1. The maximum atomic E-state index is 12.2. The molecule has 0 fully saturated rings. The number of aryl methyl sites for hydroxylation is 1. The quantitative estimate of drug-likeness (QED) is 0.605. The molecule has 0 bridgehead atoms. The number of unbranched alkanes of at least 4 members (excludes halogenated alkanes) is 3. The Hall–Kier alpha value is -1.39. The van der Waals surface area contributed by atoms with Gasteiger partial charge >= 0.3 is 0 Å². The first-order valence-corrected chi connectivity index (χ1v) is 8.84. The third-order valence-electron chi connectivity index (χ3n) is 4.58. The second-order valence-corrected chi connectivity index (χ2v) is 6.14. The van der Waals surface area contributed by atoms with Crippen molar-refractivity contribution in [3.63, 3.8) is 0 Å². The number of hydrogen-bond acceptors (Lipinski definition) is 4. The van der Waals surface area contributed by atoms with Gasteiger partial charge in [-0.25, -0.2) is 5.10 Å². The molecule has 1 heterocycles. The average molecular weight is 308 g/mol. The van der Waals surface area contributed by atoms with Crippen LogP contribution in [-0.4, -0.2) is 20.9 Å². The summed E-state index contributed by atoms with van der Waals surface area (Å²) in [7, 11) is 0. The summed E-state index contributed by atoms with van der Waals surface area (Å²) in [6.45, 7) is 8.73. The molecule has 0 aliphatic carbocycles. The van der Waals surface area contributed by atoms with Gasteiger partial charge in [-0.2, -0.15) is 0 Å². The Morgan fingerprint density at radius 2 is 1.77 bits per heavy atom. The van der Waals surface area contributed by atoms with Crippen LogP contribution in [0.3, 0.4) is 0 Å². The largest absolute Gasteiger partial charge is 0.374 e. The Morgan fingerprint density at radius 1 is 1.05 bits per heavy atom. The van der Waals surface area contributed by atoms with Crippen LogP contribution in [0.15, 0.2) is 4.79 Å². The van der Waals surface area contributed by atoms with Crippen LogP contribution in [0.4, 0.5) is 5.69 Å². The van der Waals surface area contributed by atoms with Gasteiger partial charge in [0.05, 0.1) is 5.69 Å². The molecule has 0 saturated heterocycles. The van der Waals surface area contributed by atoms with Gasteiger partial charge in [0.1, 0.15) is 5.69 Å². The molecule has 1 rings (SSSR count). The molecule has 0 aliphatic heterocycles. The SMILES string of the molecule is CCCCCCc1nn[nH]c(=O)c1NC(CC)(CC)CCC. The van der Waals surface area contributed by atoms with Gasteiger partial charge in [0, 0.05) is 5.54 Å². The number of aromatic amines is 1. The van der Waals surface area contributed by atoms with Crippen LogP contribution in [0.1, 0.15) is 84.8 Å². The van der Waals surface area contributed by atoms with Crippen LogP contribution in [0, 0.1) is 0 Å². The number of rotatable bonds is 11. The van der Waals surface area contributed by atoms with Crippen LogP contribution in [0.2, 0.25) is 0 Å². The van der Waals surface area contributed by atoms with Crippen molar-refractivity contribution in [3.8, 4) is 0 Å². The minimum absolute atomic E-state index is 0.0248. The van der Waals surface area contributed by atoms with E-state index in [9.17, 15) is 4.79 Å². The first kappa shape index (κ1) is 18.7. The minimum atomic E-state index is -0.150. The van der Waals surface area contributed by atoms with Crippen LogP contribution < -0.4 is 10.9 Å². The number of H-pyrrole nitrogens is 1. The fourth-order valence-corrected chi connectivity index (χ4v) is 2.98. The van der Waals surface area contributed by atoms with E-state index in [4.69, 9.17) is 0 Å². The zero-order valence-electron chi connectivity index (χ0n) is 14.7. The Bertz CT molecular complexity index is 480. The molecule has 5 heteroatoms. The standard InChI is InChI=1S/C17H32N4O/c1-5-9-10-11-12-14-15(16(22)20-21-19-14)18-17(7-3,8-4)13-6-2/h5-13H2,1-4H3,(H,18,21)(H,19,20,22). The smallest absolute Gasteiger partial charge is 0.290 e. The number of nitrogens with zero attached hydrogens (tertiary/aromatic N) is 2. The van der Waals surface area contributed by atoms with Crippen molar-refractivity contribution in [2.75, 3.05) is 5.32 Å². The van der Waals surface area contributed by atoms with E-state index in [0.29, 0.717) is 5.69 Å². The Balaban J connectivity index is 2.94. The predicted octanol–water partition coefficient (Wildman–Crippen LogP) is 4.06. The summed E-state index contributed by atoms with van der Waals surface area (Å²) in [5.41, 5.74) is 1.26. The van der Waals surface area contributed by atoms with Crippen LogP contribution in [-0.2, 0) is 6.42 Å². The van der Waals surface area contributed by atoms with Crippen molar-refractivity contribution in [2.45, 2.75) is 91.0 Å². The minimum Gasteiger partial charge on any atom is -0.374 e. The topological polar surface area (TPSA) is 70.7 Å². The van der Waals surface area contributed by atoms with Crippen molar-refractivity contribution < 1.29 is 0 Å². The van der Waals surface area contributed by atoms with Crippen molar-refractivity contribution in [1.82, 2.24) is 15.4 Å². The highest BCUT2D eigenvalue weighted by Gasteiger charge is 2.27. The maximum Gasteiger partial charge on any atom is 0.290 e. The second kappa shape index (κ2) is 9.59. The van der Waals surface area contributed by atoms with Gasteiger partial charge in [-0.1, -0.05) is 58.6 Å². The van der Waals surface area contributed by atoms with Gasteiger partial charge in [-0.3, -0.25) is 4.79 Å². The zero-order chi connectivity index (χ0) is 16.4. The molecule has 0 radical (unpaired) electrons. The van der Waals surface area contributed by atoms with Crippen LogP contribution >= 0.6 is 0 Å². The van der Waals surface area contributed by atoms with E-state index in [-0.39, 0.29) is 11.1 Å². The summed E-state index contributed by atoms with van der Waals surface area (Å²) in [5, 5.41) is 13.9. The van der Waals surface area contributed by atoms with E-state index < -0.39 is 0 Å². The molecule has 1 aromatic rings. The van der Waals surface area contributed by atoms with Crippen LogP contribution in [0.25, 0.3) is 0 Å². The Kier molecular flexibility index (Phi) is 8.13. The lowest BCUT2D eigenvalue weighted by Crippen LogP contribution is -2.39. The molecule has 5 nitrogen and oxygen atoms in total. The monoisotopic (exact) mass is 308 g/mol. The molecule has 0 atom stereocenters. The van der Waals surface area contributed by atoms with E-state index in [0.717, 1.165) is 44.2 Å². The summed E-state index contributed by atoms with van der Waals surface area (Å²) < 4.78 is 0. The molecule has 0 aliphatic rings. The molecule has 126 valence electrons. The van der Waals surface area contributed by atoms with Crippen molar-refractivity contribution in [3.05, 3.63) is 16.0 Å². The third-order valence-corrected chi connectivity index (χ3v) is 4.58. The molecule has 2 N–H and O–H groups in total. The van der Waals surface area contributed by atoms with Gasteiger partial charge in [0.2, 0.25) is 0 Å². The van der Waals surface area contributed by atoms with Gasteiger partial charge in [-0.05, 0) is 32.1 Å². The van der Waals surface area contributed by atoms with Gasteiger partial charge < -0.3 is 5.32 Å². The van der Waals surface area contributed by atoms with E-state index in [1.807, 2.05) is 0 Å². The third kappa shape index (κ3) is 5.11. The summed E-state index contributed by atoms with van der Waals surface area (Å²) in [5.74, 6) is 0. The van der Waals surface area contributed by atoms with Gasteiger partial charge in [-0.15, -0.1) is 5.10 Å². The molecular weight excluding hydrogens is 276 g/mol. The molecule has 0 spiro atoms. The molecule has 0 aromatic carbocycles. The lowest BCUT2D eigenvalue weighted by Gasteiger charge is -2.34. The predicted molar refractivity (Wildman–Crippen MR) is 92.3 cm³/mol. The molecule has 1 aromatic heterocycles. The average Bonchev–Trinajstić information content (AvgIpc) is 2.53. The van der Waals surface area contributed by atoms with E-state index in [1.165, 1.54) is 19.3 Å². The fraction of sp³-hybridized carbons (Fsp3) is 0.824. The highest BCUT2D eigenvalue weighted by atomic mass is 16.1. The number of hydrogen-bond donors (Lipinski definition) is 2. The fourth-order valence-electron chi connectivity index (χ4n) is 2.98. The molecule has 22 heavy (non-hydrogen) atoms. The van der Waals surface area contributed by atoms with E-state index in [1.54, 1.807) is 0 Å². The Morgan fingerprint density at radius 3 is 2.36 bits per heavy atom.